The van der Waals surface area contributed by atoms with Gasteiger partial charge in [-0.15, -0.1) is 0 Å². The Bertz CT molecular complexity index is 533. The molecule has 1 saturated heterocycles. The van der Waals surface area contributed by atoms with Gasteiger partial charge in [0.15, 0.2) is 0 Å². The van der Waals surface area contributed by atoms with Crippen molar-refractivity contribution in [3.63, 3.8) is 0 Å². The summed E-state index contributed by atoms with van der Waals surface area (Å²) in [5.74, 6) is 0. The van der Waals surface area contributed by atoms with Crippen LogP contribution < -0.4 is 0 Å². The van der Waals surface area contributed by atoms with Gasteiger partial charge in [0.2, 0.25) is 0 Å². The van der Waals surface area contributed by atoms with Crippen molar-refractivity contribution in [3.8, 4) is 0 Å². The fourth-order valence-corrected chi connectivity index (χ4v) is 1.21. The SMILES string of the molecule is [2H]c1nc([2H])c([C@@]2([2H])N(C)CCC2([2H])[2H])c([2H])c1[2H]. The molecule has 1 aliphatic rings. The van der Waals surface area contributed by atoms with Crippen LogP contribution in [0, 0.1) is 0 Å². The number of pyridine rings is 1. The van der Waals surface area contributed by atoms with Crippen LogP contribution in [0.15, 0.2) is 24.4 Å². The molecule has 0 spiro atoms. The summed E-state index contributed by atoms with van der Waals surface area (Å²) in [6.07, 6.45) is -2.80. The summed E-state index contributed by atoms with van der Waals surface area (Å²) in [7, 11) is 1.55. The summed E-state index contributed by atoms with van der Waals surface area (Å²) in [5, 5.41) is 0. The van der Waals surface area contributed by atoms with Crippen LogP contribution >= 0.6 is 0 Å². The molecular weight excluding hydrogens is 148 g/mol. The minimum absolute atomic E-state index is 0.113. The van der Waals surface area contributed by atoms with Gasteiger partial charge in [-0.1, -0.05) is 6.04 Å². The first-order valence-corrected chi connectivity index (χ1v) is 3.79. The van der Waals surface area contributed by atoms with Crippen LogP contribution in [0.3, 0.4) is 0 Å². The summed E-state index contributed by atoms with van der Waals surface area (Å²) in [4.78, 5) is 4.96. The molecule has 1 aliphatic heterocycles. The van der Waals surface area contributed by atoms with E-state index in [1.165, 1.54) is 4.90 Å². The maximum atomic E-state index is 8.41. The van der Waals surface area contributed by atoms with Crippen molar-refractivity contribution in [1.82, 2.24) is 9.88 Å². The molecule has 1 fully saturated rings. The molecule has 12 heavy (non-hydrogen) atoms. The molecular formula is C10H14N2. The Morgan fingerprint density at radius 1 is 1.92 bits per heavy atom. The minimum atomic E-state index is -1.94. The topological polar surface area (TPSA) is 16.1 Å². The standard InChI is InChI=1S/C10H14N2/c1-12-7-3-5-10(12)9-4-2-6-11-8-9/h2,4,6,8,10H,3,5,7H2,1H3/t10-/m0/s1/i2D,4D,5D2,6D,8D,10D. The number of nitrogens with zero attached hydrogens (tertiary/aromatic N) is 2. The van der Waals surface area contributed by atoms with Crippen molar-refractivity contribution in [1.29, 1.82) is 0 Å². The molecule has 0 unspecified atom stereocenters. The number of hydrogen-bond acceptors (Lipinski definition) is 2. The van der Waals surface area contributed by atoms with Crippen molar-refractivity contribution in [2.45, 2.75) is 18.8 Å². The molecule has 0 N–H and O–H groups in total. The molecule has 2 rings (SSSR count). The van der Waals surface area contributed by atoms with E-state index in [0.717, 1.165) is 0 Å². The van der Waals surface area contributed by atoms with Crippen LogP contribution in [0.4, 0.5) is 0 Å². The molecule has 1 atom stereocenters. The van der Waals surface area contributed by atoms with Gasteiger partial charge in [-0.2, -0.15) is 0 Å². The number of hydrogen-bond donors (Lipinski definition) is 0. The molecule has 1 aromatic rings. The lowest BCUT2D eigenvalue weighted by Gasteiger charge is -2.18. The normalized spacial score (nSPS) is 43.2. The van der Waals surface area contributed by atoms with Crippen molar-refractivity contribution in [2.24, 2.45) is 0 Å². The van der Waals surface area contributed by atoms with E-state index in [2.05, 4.69) is 4.98 Å². The average molecular weight is 169 g/mol. The third-order valence-corrected chi connectivity index (χ3v) is 1.83. The lowest BCUT2D eigenvalue weighted by molar-refractivity contribution is 0.317. The first-order chi connectivity index (χ1) is 8.63. The minimum Gasteiger partial charge on any atom is -0.299 e. The van der Waals surface area contributed by atoms with E-state index in [1.54, 1.807) is 7.05 Å². The monoisotopic (exact) mass is 169 g/mol. The van der Waals surface area contributed by atoms with Gasteiger partial charge in [0, 0.05) is 21.1 Å². The van der Waals surface area contributed by atoms with E-state index in [9.17, 15) is 0 Å². The van der Waals surface area contributed by atoms with Crippen LogP contribution in [0.25, 0.3) is 0 Å². The van der Waals surface area contributed by atoms with Crippen LogP contribution in [0.5, 0.6) is 0 Å². The quantitative estimate of drug-likeness (QED) is 0.638. The van der Waals surface area contributed by atoms with Crippen molar-refractivity contribution in [3.05, 3.63) is 30.0 Å². The zero-order valence-electron chi connectivity index (χ0n) is 13.8. The zero-order valence-corrected chi connectivity index (χ0v) is 6.81. The van der Waals surface area contributed by atoms with Crippen molar-refractivity contribution < 1.29 is 9.60 Å². The lowest BCUT2D eigenvalue weighted by atomic mass is 10.1. The highest BCUT2D eigenvalue weighted by atomic mass is 15.1. The van der Waals surface area contributed by atoms with Gasteiger partial charge in [-0.05, 0) is 38.0 Å². The number of rotatable bonds is 1. The second-order valence-corrected chi connectivity index (χ2v) is 2.66. The highest BCUT2D eigenvalue weighted by molar-refractivity contribution is 5.14. The summed E-state index contributed by atoms with van der Waals surface area (Å²) in [5.41, 5.74) is -0.237. The van der Waals surface area contributed by atoms with Gasteiger partial charge in [0.25, 0.3) is 0 Å². The number of aromatic nitrogens is 1. The molecule has 2 heteroatoms. The van der Waals surface area contributed by atoms with Crippen LogP contribution in [0.2, 0.25) is 0 Å². The highest BCUT2D eigenvalue weighted by Crippen LogP contribution is 2.29. The second-order valence-electron chi connectivity index (χ2n) is 2.66. The smallest absolute Gasteiger partial charge is 0.0843 e. The predicted octanol–water partition coefficient (Wildman–Crippen LogP) is 1.85. The molecule has 0 amide bonds. The molecule has 2 heterocycles. The second kappa shape index (κ2) is 3.23. The lowest BCUT2D eigenvalue weighted by Crippen LogP contribution is -2.17. The fraction of sp³-hybridized carbons (Fsp3) is 0.500. The summed E-state index contributed by atoms with van der Waals surface area (Å²) >= 11 is 0. The molecule has 0 bridgehead atoms. The Kier molecular flexibility index (Phi) is 0.838. The van der Waals surface area contributed by atoms with Crippen LogP contribution in [-0.4, -0.2) is 23.5 Å². The zero-order chi connectivity index (χ0) is 14.6. The summed E-state index contributed by atoms with van der Waals surface area (Å²) < 4.78 is 54.9. The Hall–Kier alpha value is -0.890. The Labute approximate surface area is 83.1 Å². The highest BCUT2D eigenvalue weighted by Gasteiger charge is 2.21. The number of likely N-dealkylation sites (tertiary alicyclic amines) is 1. The fourth-order valence-electron chi connectivity index (χ4n) is 1.21. The molecule has 0 saturated carbocycles. The molecule has 1 aromatic heterocycles. The third kappa shape index (κ3) is 1.34. The van der Waals surface area contributed by atoms with Gasteiger partial charge in [-0.3, -0.25) is 9.88 Å². The average Bonchev–Trinajstić information content (AvgIpc) is 2.51. The molecule has 0 aliphatic carbocycles. The molecule has 0 aromatic carbocycles. The van der Waals surface area contributed by atoms with E-state index >= 15 is 0 Å². The van der Waals surface area contributed by atoms with Crippen molar-refractivity contribution in [2.75, 3.05) is 13.6 Å². The van der Waals surface area contributed by atoms with Crippen LogP contribution in [-0.2, 0) is 0 Å². The maximum Gasteiger partial charge on any atom is 0.0843 e. The van der Waals surface area contributed by atoms with E-state index < -0.39 is 36.8 Å². The van der Waals surface area contributed by atoms with E-state index in [1.807, 2.05) is 0 Å². The first-order valence-electron chi connectivity index (χ1n) is 7.29. The van der Waals surface area contributed by atoms with E-state index in [0.29, 0.717) is 6.54 Å². The maximum absolute atomic E-state index is 8.41. The summed E-state index contributed by atoms with van der Waals surface area (Å²) in [6.45, 7) is 0.325. The summed E-state index contributed by atoms with van der Waals surface area (Å²) in [6, 6.07) is -2.86. The van der Waals surface area contributed by atoms with E-state index in [-0.39, 0.29) is 12.0 Å². The third-order valence-electron chi connectivity index (χ3n) is 1.83. The molecule has 0 radical (unpaired) electrons. The van der Waals surface area contributed by atoms with Gasteiger partial charge < -0.3 is 0 Å². The largest absolute Gasteiger partial charge is 0.299 e. The van der Waals surface area contributed by atoms with Gasteiger partial charge in [-0.25, -0.2) is 0 Å². The van der Waals surface area contributed by atoms with Crippen LogP contribution in [0.1, 0.15) is 34.0 Å². The van der Waals surface area contributed by atoms with Gasteiger partial charge in [0.1, 0.15) is 0 Å². The Morgan fingerprint density at radius 3 is 3.58 bits per heavy atom. The predicted molar refractivity (Wildman–Crippen MR) is 48.8 cm³/mol. The van der Waals surface area contributed by atoms with Gasteiger partial charge in [0.05, 0.1) is 6.85 Å². The van der Waals surface area contributed by atoms with Crippen molar-refractivity contribution >= 4 is 0 Å². The van der Waals surface area contributed by atoms with Gasteiger partial charge >= 0.3 is 0 Å². The van der Waals surface area contributed by atoms with E-state index in [4.69, 9.17) is 9.60 Å². The Balaban J connectivity index is 2.75. The molecule has 64 valence electrons. The first kappa shape index (κ1) is 3.11. The molecule has 2 nitrogen and oxygen atoms in total. The Morgan fingerprint density at radius 2 is 2.83 bits per heavy atom.